The molecule has 2 rings (SSSR count). The molecule has 1 heteroatoms. The van der Waals surface area contributed by atoms with Gasteiger partial charge in [-0.3, -0.25) is 0 Å². The summed E-state index contributed by atoms with van der Waals surface area (Å²) in [5.41, 5.74) is 1.28. The molecule has 0 aliphatic carbocycles. The minimum absolute atomic E-state index is 0.789. The first kappa shape index (κ1) is 11.5. The van der Waals surface area contributed by atoms with Crippen LogP contribution in [0.5, 0.6) is 0 Å². The third-order valence-electron chi connectivity index (χ3n) is 3.02. The van der Waals surface area contributed by atoms with Crippen molar-refractivity contribution in [1.82, 2.24) is 0 Å². The number of rotatable bonds is 4. The van der Waals surface area contributed by atoms with E-state index in [1.807, 2.05) is 0 Å². The Bertz CT molecular complexity index is 531. The first-order chi connectivity index (χ1) is 8.36. The fourth-order valence-electron chi connectivity index (χ4n) is 2.13. The zero-order valence-electron chi connectivity index (χ0n) is 10.2. The SMILES string of the molecule is C#CCCN(CC)c1cccc2ccccc12. The van der Waals surface area contributed by atoms with E-state index in [0.717, 1.165) is 19.5 Å². The van der Waals surface area contributed by atoms with Crippen LogP contribution in [0, 0.1) is 12.3 Å². The highest BCUT2D eigenvalue weighted by molar-refractivity contribution is 5.94. The van der Waals surface area contributed by atoms with Gasteiger partial charge in [-0.1, -0.05) is 36.4 Å². The maximum atomic E-state index is 5.35. The molecule has 0 amide bonds. The Kier molecular flexibility index (Phi) is 3.67. The Balaban J connectivity index is 2.43. The highest BCUT2D eigenvalue weighted by Gasteiger charge is 2.06. The highest BCUT2D eigenvalue weighted by atomic mass is 15.1. The molecule has 0 N–H and O–H groups in total. The van der Waals surface area contributed by atoms with Gasteiger partial charge in [0.1, 0.15) is 0 Å². The van der Waals surface area contributed by atoms with E-state index < -0.39 is 0 Å². The normalized spacial score (nSPS) is 10.1. The van der Waals surface area contributed by atoms with Gasteiger partial charge in [-0.15, -0.1) is 12.3 Å². The van der Waals surface area contributed by atoms with Crippen molar-refractivity contribution in [3.63, 3.8) is 0 Å². The average molecular weight is 223 g/mol. The van der Waals surface area contributed by atoms with Crippen molar-refractivity contribution in [1.29, 1.82) is 0 Å². The predicted molar refractivity (Wildman–Crippen MR) is 75.3 cm³/mol. The summed E-state index contributed by atoms with van der Waals surface area (Å²) in [4.78, 5) is 2.34. The average Bonchev–Trinajstić information content (AvgIpc) is 2.40. The van der Waals surface area contributed by atoms with Gasteiger partial charge in [0.15, 0.2) is 0 Å². The summed E-state index contributed by atoms with van der Waals surface area (Å²) in [5, 5.41) is 2.58. The third kappa shape index (κ3) is 2.42. The van der Waals surface area contributed by atoms with E-state index in [9.17, 15) is 0 Å². The van der Waals surface area contributed by atoms with Crippen LogP contribution >= 0.6 is 0 Å². The van der Waals surface area contributed by atoms with E-state index in [4.69, 9.17) is 6.42 Å². The maximum Gasteiger partial charge on any atom is 0.0446 e. The van der Waals surface area contributed by atoms with Crippen LogP contribution in [0.4, 0.5) is 5.69 Å². The predicted octanol–water partition coefficient (Wildman–Crippen LogP) is 3.69. The number of benzene rings is 2. The number of terminal acetylenes is 1. The van der Waals surface area contributed by atoms with Gasteiger partial charge in [0.25, 0.3) is 0 Å². The molecule has 0 heterocycles. The van der Waals surface area contributed by atoms with Crippen LogP contribution in [-0.2, 0) is 0 Å². The topological polar surface area (TPSA) is 3.24 Å². The fraction of sp³-hybridized carbons (Fsp3) is 0.250. The molecule has 0 aliphatic rings. The van der Waals surface area contributed by atoms with Crippen molar-refractivity contribution in [3.05, 3.63) is 42.5 Å². The Morgan fingerprint density at radius 3 is 2.65 bits per heavy atom. The molecule has 1 nitrogen and oxygen atoms in total. The Hall–Kier alpha value is -1.94. The van der Waals surface area contributed by atoms with Gasteiger partial charge in [-0.2, -0.15) is 0 Å². The van der Waals surface area contributed by atoms with Crippen LogP contribution in [0.3, 0.4) is 0 Å². The summed E-state index contributed by atoms with van der Waals surface area (Å²) in [6, 6.07) is 14.9. The van der Waals surface area contributed by atoms with E-state index in [1.165, 1.54) is 16.5 Å². The molecule has 17 heavy (non-hydrogen) atoms. The second kappa shape index (κ2) is 5.41. The van der Waals surface area contributed by atoms with Crippen molar-refractivity contribution >= 4 is 16.5 Å². The molecule has 0 atom stereocenters. The first-order valence-electron chi connectivity index (χ1n) is 6.03. The highest BCUT2D eigenvalue weighted by Crippen LogP contribution is 2.26. The van der Waals surface area contributed by atoms with E-state index in [0.29, 0.717) is 0 Å². The van der Waals surface area contributed by atoms with Gasteiger partial charge in [0, 0.05) is 30.6 Å². The summed E-state index contributed by atoms with van der Waals surface area (Å²) < 4.78 is 0. The molecular formula is C16H17N. The molecule has 86 valence electrons. The van der Waals surface area contributed by atoms with Crippen molar-refractivity contribution in [2.75, 3.05) is 18.0 Å². The minimum Gasteiger partial charge on any atom is -0.370 e. The summed E-state index contributed by atoms with van der Waals surface area (Å²) in [5.74, 6) is 2.71. The number of fused-ring (bicyclic) bond motifs is 1. The van der Waals surface area contributed by atoms with Crippen LogP contribution in [0.1, 0.15) is 13.3 Å². The Morgan fingerprint density at radius 1 is 1.12 bits per heavy atom. The fourth-order valence-corrected chi connectivity index (χ4v) is 2.13. The van der Waals surface area contributed by atoms with E-state index in [1.54, 1.807) is 0 Å². The lowest BCUT2D eigenvalue weighted by Crippen LogP contribution is -2.23. The van der Waals surface area contributed by atoms with Crippen LogP contribution in [-0.4, -0.2) is 13.1 Å². The van der Waals surface area contributed by atoms with Gasteiger partial charge in [0.05, 0.1) is 0 Å². The van der Waals surface area contributed by atoms with Crippen molar-refractivity contribution in [2.24, 2.45) is 0 Å². The molecule has 0 aliphatic heterocycles. The van der Waals surface area contributed by atoms with E-state index in [-0.39, 0.29) is 0 Å². The molecule has 0 radical (unpaired) electrons. The minimum atomic E-state index is 0.789. The lowest BCUT2D eigenvalue weighted by molar-refractivity contribution is 0.835. The van der Waals surface area contributed by atoms with Crippen molar-refractivity contribution < 1.29 is 0 Å². The summed E-state index contributed by atoms with van der Waals surface area (Å²) in [6.45, 7) is 4.06. The lowest BCUT2D eigenvalue weighted by atomic mass is 10.1. The van der Waals surface area contributed by atoms with Crippen molar-refractivity contribution in [2.45, 2.75) is 13.3 Å². The monoisotopic (exact) mass is 223 g/mol. The summed E-state index contributed by atoms with van der Waals surface area (Å²) in [7, 11) is 0. The van der Waals surface area contributed by atoms with Gasteiger partial charge < -0.3 is 4.90 Å². The number of hydrogen-bond donors (Lipinski definition) is 0. The molecule has 0 saturated heterocycles. The van der Waals surface area contributed by atoms with Crippen LogP contribution < -0.4 is 4.90 Å². The molecule has 2 aromatic carbocycles. The standard InChI is InChI=1S/C16H17N/c1-3-5-13-17(4-2)16-12-8-10-14-9-6-7-11-15(14)16/h1,6-12H,4-5,13H2,2H3. The zero-order chi connectivity index (χ0) is 12.1. The molecule has 0 saturated carbocycles. The molecule has 0 fully saturated rings. The van der Waals surface area contributed by atoms with Crippen LogP contribution in [0.15, 0.2) is 42.5 Å². The van der Waals surface area contributed by atoms with E-state index >= 15 is 0 Å². The van der Waals surface area contributed by atoms with Gasteiger partial charge in [-0.25, -0.2) is 0 Å². The molecule has 0 aromatic heterocycles. The first-order valence-corrected chi connectivity index (χ1v) is 6.03. The Morgan fingerprint density at radius 2 is 1.88 bits per heavy atom. The molecular weight excluding hydrogens is 206 g/mol. The smallest absolute Gasteiger partial charge is 0.0446 e. The van der Waals surface area contributed by atoms with Gasteiger partial charge in [0.2, 0.25) is 0 Å². The second-order valence-electron chi connectivity index (χ2n) is 4.03. The zero-order valence-corrected chi connectivity index (χ0v) is 10.2. The van der Waals surface area contributed by atoms with E-state index in [2.05, 4.69) is 60.2 Å². The van der Waals surface area contributed by atoms with Gasteiger partial charge in [-0.05, 0) is 18.4 Å². The van der Waals surface area contributed by atoms with Crippen LogP contribution in [0.25, 0.3) is 10.8 Å². The molecule has 0 spiro atoms. The van der Waals surface area contributed by atoms with Crippen molar-refractivity contribution in [3.8, 4) is 12.3 Å². The third-order valence-corrected chi connectivity index (χ3v) is 3.02. The lowest BCUT2D eigenvalue weighted by Gasteiger charge is -2.23. The maximum absolute atomic E-state index is 5.35. The number of nitrogens with zero attached hydrogens (tertiary/aromatic N) is 1. The molecule has 0 bridgehead atoms. The largest absolute Gasteiger partial charge is 0.370 e. The van der Waals surface area contributed by atoms with Gasteiger partial charge >= 0.3 is 0 Å². The molecule has 0 unspecified atom stereocenters. The number of hydrogen-bond acceptors (Lipinski definition) is 1. The molecule has 2 aromatic rings. The Labute approximate surface area is 103 Å². The second-order valence-corrected chi connectivity index (χ2v) is 4.03. The number of anilines is 1. The summed E-state index contributed by atoms with van der Waals surface area (Å²) >= 11 is 0. The quantitative estimate of drug-likeness (QED) is 0.714. The van der Waals surface area contributed by atoms with Crippen LogP contribution in [0.2, 0.25) is 0 Å². The summed E-state index contributed by atoms with van der Waals surface area (Å²) in [6.07, 6.45) is 6.13.